The van der Waals surface area contributed by atoms with Gasteiger partial charge in [0, 0.05) is 12.1 Å². The quantitative estimate of drug-likeness (QED) is 0.599. The van der Waals surface area contributed by atoms with E-state index in [1.807, 2.05) is 0 Å². The number of H-pyrrole nitrogens is 2. The fraction of sp³-hybridized carbons (Fsp3) is 0.188. The third-order valence-corrected chi connectivity index (χ3v) is 5.09. The van der Waals surface area contributed by atoms with Crippen LogP contribution in [-0.4, -0.2) is 39.7 Å². The Labute approximate surface area is 149 Å². The number of anilines is 1. The highest BCUT2D eigenvalue weighted by atomic mass is 32.2. The van der Waals surface area contributed by atoms with E-state index in [-0.39, 0.29) is 10.6 Å². The molecule has 10 heteroatoms. The Morgan fingerprint density at radius 2 is 1.50 bits per heavy atom. The first-order chi connectivity index (χ1) is 12.4. The Balaban J connectivity index is 2.01. The van der Waals surface area contributed by atoms with Crippen LogP contribution < -0.4 is 24.6 Å². The van der Waals surface area contributed by atoms with Crippen molar-refractivity contribution >= 4 is 26.7 Å². The molecule has 3 aromatic rings. The number of aromatic amines is 2. The van der Waals surface area contributed by atoms with Gasteiger partial charge in [-0.1, -0.05) is 0 Å². The third kappa shape index (κ3) is 3.18. The van der Waals surface area contributed by atoms with Gasteiger partial charge in [-0.25, -0.2) is 13.2 Å². The number of nitrogens with one attached hydrogen (secondary N) is 3. The summed E-state index contributed by atoms with van der Waals surface area (Å²) in [6.45, 7) is 0. The lowest BCUT2D eigenvalue weighted by molar-refractivity contribution is 0.325. The van der Waals surface area contributed by atoms with Gasteiger partial charge in [-0.3, -0.25) is 4.72 Å². The van der Waals surface area contributed by atoms with E-state index in [1.54, 1.807) is 0 Å². The average molecular weight is 379 g/mol. The Bertz CT molecular complexity index is 1090. The highest BCUT2D eigenvalue weighted by Crippen LogP contribution is 2.40. The summed E-state index contributed by atoms with van der Waals surface area (Å²) in [7, 11) is 0.425. The molecular weight excluding hydrogens is 362 g/mol. The third-order valence-electron chi connectivity index (χ3n) is 3.71. The maximum atomic E-state index is 12.7. The van der Waals surface area contributed by atoms with Crippen LogP contribution in [0.4, 0.5) is 5.69 Å². The fourth-order valence-electron chi connectivity index (χ4n) is 2.53. The van der Waals surface area contributed by atoms with E-state index >= 15 is 0 Å². The maximum Gasteiger partial charge on any atom is 0.323 e. The second-order valence-corrected chi connectivity index (χ2v) is 6.99. The normalized spacial score (nSPS) is 11.3. The molecule has 0 aliphatic carbocycles. The van der Waals surface area contributed by atoms with E-state index in [4.69, 9.17) is 14.2 Å². The van der Waals surface area contributed by atoms with Gasteiger partial charge < -0.3 is 24.2 Å². The Hall–Kier alpha value is -3.14. The Morgan fingerprint density at radius 3 is 2.08 bits per heavy atom. The van der Waals surface area contributed by atoms with Crippen LogP contribution in [0.3, 0.4) is 0 Å². The van der Waals surface area contributed by atoms with Crippen LogP contribution in [-0.2, 0) is 10.0 Å². The van der Waals surface area contributed by atoms with Crippen LogP contribution in [0.2, 0.25) is 0 Å². The molecule has 0 fully saturated rings. The zero-order valence-corrected chi connectivity index (χ0v) is 15.1. The van der Waals surface area contributed by atoms with E-state index in [1.165, 1.54) is 51.7 Å². The summed E-state index contributed by atoms with van der Waals surface area (Å²) in [5, 5.41) is 0. The summed E-state index contributed by atoms with van der Waals surface area (Å²) in [6, 6.07) is 7.24. The summed E-state index contributed by atoms with van der Waals surface area (Å²) < 4.78 is 43.5. The SMILES string of the molecule is COc1cc(NS(=O)(=O)c2ccc3[nH]c(=O)[nH]c3c2)cc(OC)c1OC. The van der Waals surface area contributed by atoms with Crippen LogP contribution >= 0.6 is 0 Å². The number of imidazole rings is 1. The van der Waals surface area contributed by atoms with Gasteiger partial charge in [-0.05, 0) is 18.2 Å². The van der Waals surface area contributed by atoms with Crippen molar-refractivity contribution in [1.82, 2.24) is 9.97 Å². The van der Waals surface area contributed by atoms with Crippen LogP contribution in [0.5, 0.6) is 17.2 Å². The molecule has 1 heterocycles. The van der Waals surface area contributed by atoms with Gasteiger partial charge in [-0.15, -0.1) is 0 Å². The Kier molecular flexibility index (Phi) is 4.51. The molecule has 0 saturated heterocycles. The first-order valence-corrected chi connectivity index (χ1v) is 8.91. The van der Waals surface area contributed by atoms with E-state index in [2.05, 4.69) is 14.7 Å². The standard InChI is InChI=1S/C16H17N3O6S/c1-23-13-6-9(7-14(24-2)15(13)25-3)19-26(21,22)10-4-5-11-12(8-10)18-16(20)17-11/h4-8,19H,1-3H3,(H2,17,18,20). The van der Waals surface area contributed by atoms with Crippen molar-refractivity contribution in [2.24, 2.45) is 0 Å². The molecule has 3 rings (SSSR count). The molecule has 0 spiro atoms. The van der Waals surface area contributed by atoms with E-state index in [0.29, 0.717) is 28.3 Å². The smallest absolute Gasteiger partial charge is 0.323 e. The summed E-state index contributed by atoms with van der Waals surface area (Å²) in [4.78, 5) is 16.4. The van der Waals surface area contributed by atoms with Crippen molar-refractivity contribution in [2.45, 2.75) is 4.90 Å². The first-order valence-electron chi connectivity index (χ1n) is 7.43. The molecule has 0 unspecified atom stereocenters. The molecule has 0 aliphatic heterocycles. The molecule has 0 atom stereocenters. The van der Waals surface area contributed by atoms with Crippen molar-refractivity contribution in [2.75, 3.05) is 26.1 Å². The molecule has 9 nitrogen and oxygen atoms in total. The highest BCUT2D eigenvalue weighted by molar-refractivity contribution is 7.92. The van der Waals surface area contributed by atoms with Crippen LogP contribution in [0.1, 0.15) is 0 Å². The van der Waals surface area contributed by atoms with E-state index in [9.17, 15) is 13.2 Å². The molecule has 0 aliphatic rings. The lowest BCUT2D eigenvalue weighted by Gasteiger charge is -2.15. The number of sulfonamides is 1. The minimum Gasteiger partial charge on any atom is -0.493 e. The summed E-state index contributed by atoms with van der Waals surface area (Å²) in [5.74, 6) is 0.981. The van der Waals surface area contributed by atoms with Gasteiger partial charge in [0.05, 0.1) is 42.9 Å². The van der Waals surface area contributed by atoms with Gasteiger partial charge in [0.25, 0.3) is 10.0 Å². The van der Waals surface area contributed by atoms with Crippen molar-refractivity contribution in [3.05, 3.63) is 40.8 Å². The number of rotatable bonds is 6. The molecule has 0 amide bonds. The number of methoxy groups -OCH3 is 3. The monoisotopic (exact) mass is 379 g/mol. The number of aromatic nitrogens is 2. The Morgan fingerprint density at radius 1 is 0.885 bits per heavy atom. The van der Waals surface area contributed by atoms with Crippen molar-refractivity contribution in [1.29, 1.82) is 0 Å². The number of hydrogen-bond acceptors (Lipinski definition) is 6. The van der Waals surface area contributed by atoms with E-state index < -0.39 is 15.7 Å². The minimum atomic E-state index is -3.90. The van der Waals surface area contributed by atoms with Gasteiger partial charge in [0.1, 0.15) is 0 Å². The second-order valence-electron chi connectivity index (χ2n) is 5.31. The van der Waals surface area contributed by atoms with Gasteiger partial charge in [-0.2, -0.15) is 0 Å². The van der Waals surface area contributed by atoms with Crippen molar-refractivity contribution in [3.63, 3.8) is 0 Å². The molecule has 26 heavy (non-hydrogen) atoms. The molecule has 138 valence electrons. The number of benzene rings is 2. The zero-order chi connectivity index (χ0) is 18.9. The molecule has 0 bridgehead atoms. The molecule has 3 N–H and O–H groups in total. The largest absolute Gasteiger partial charge is 0.493 e. The van der Waals surface area contributed by atoms with E-state index in [0.717, 1.165) is 0 Å². The lowest BCUT2D eigenvalue weighted by Crippen LogP contribution is -2.13. The summed E-state index contributed by atoms with van der Waals surface area (Å²) >= 11 is 0. The average Bonchev–Trinajstić information content (AvgIpc) is 2.99. The van der Waals surface area contributed by atoms with Crippen LogP contribution in [0.15, 0.2) is 40.0 Å². The predicted molar refractivity (Wildman–Crippen MR) is 95.8 cm³/mol. The summed E-state index contributed by atoms with van der Waals surface area (Å²) in [5.41, 5.74) is 0.735. The molecule has 1 aromatic heterocycles. The minimum absolute atomic E-state index is 0.00555. The fourth-order valence-corrected chi connectivity index (χ4v) is 3.60. The van der Waals surface area contributed by atoms with Gasteiger partial charge >= 0.3 is 5.69 Å². The molecule has 0 saturated carbocycles. The number of ether oxygens (including phenoxy) is 3. The van der Waals surface area contributed by atoms with Crippen molar-refractivity contribution in [3.8, 4) is 17.2 Å². The maximum absolute atomic E-state index is 12.7. The zero-order valence-electron chi connectivity index (χ0n) is 14.2. The van der Waals surface area contributed by atoms with Crippen LogP contribution in [0, 0.1) is 0 Å². The molecule has 2 aromatic carbocycles. The number of hydrogen-bond donors (Lipinski definition) is 3. The molecular formula is C16H17N3O6S. The first kappa shape index (κ1) is 17.7. The van der Waals surface area contributed by atoms with Crippen LogP contribution in [0.25, 0.3) is 11.0 Å². The lowest BCUT2D eigenvalue weighted by atomic mass is 10.2. The van der Waals surface area contributed by atoms with Gasteiger partial charge in [0.2, 0.25) is 5.75 Å². The molecule has 0 radical (unpaired) electrons. The highest BCUT2D eigenvalue weighted by Gasteiger charge is 2.19. The predicted octanol–water partition coefficient (Wildman–Crippen LogP) is 1.68. The number of fused-ring (bicyclic) bond motifs is 1. The van der Waals surface area contributed by atoms with Crippen molar-refractivity contribution < 1.29 is 22.6 Å². The van der Waals surface area contributed by atoms with Gasteiger partial charge in [0.15, 0.2) is 11.5 Å². The second kappa shape index (κ2) is 6.64. The summed E-state index contributed by atoms with van der Waals surface area (Å²) in [6.07, 6.45) is 0. The topological polar surface area (TPSA) is 123 Å².